The summed E-state index contributed by atoms with van der Waals surface area (Å²) in [5.74, 6) is -0.980. The number of allylic oxidation sites excluding steroid dienone is 2. The SMILES string of the molecule is CCCCCCCCCCC[C@@](C/C=C/CCCCCCCC(=O)OCCCC)(C(=O)OCCCC)C(=O)OC(C)(C)C. The predicted molar refractivity (Wildman–Crippen MR) is 178 cm³/mol. The zero-order chi connectivity index (χ0) is 32.2. The Bertz CT molecular complexity index is 738. The van der Waals surface area contributed by atoms with Gasteiger partial charge in [-0.1, -0.05) is 123 Å². The molecule has 0 bridgehead atoms. The van der Waals surface area contributed by atoms with Crippen molar-refractivity contribution in [3.8, 4) is 0 Å². The van der Waals surface area contributed by atoms with Crippen LogP contribution in [-0.2, 0) is 28.6 Å². The Morgan fingerprint density at radius 3 is 1.65 bits per heavy atom. The smallest absolute Gasteiger partial charge is 0.324 e. The maximum atomic E-state index is 13.6. The van der Waals surface area contributed by atoms with Gasteiger partial charge in [0.25, 0.3) is 0 Å². The van der Waals surface area contributed by atoms with Crippen molar-refractivity contribution in [2.45, 2.75) is 188 Å². The van der Waals surface area contributed by atoms with Crippen LogP contribution in [-0.4, -0.2) is 36.7 Å². The first-order valence-electron chi connectivity index (χ1n) is 17.8. The number of rotatable bonds is 28. The highest BCUT2D eigenvalue weighted by Crippen LogP contribution is 2.35. The molecule has 252 valence electrons. The number of esters is 3. The van der Waals surface area contributed by atoms with Crippen LogP contribution in [0.5, 0.6) is 0 Å². The van der Waals surface area contributed by atoms with Gasteiger partial charge in [0.1, 0.15) is 5.60 Å². The molecule has 0 aliphatic rings. The van der Waals surface area contributed by atoms with Crippen LogP contribution in [0.3, 0.4) is 0 Å². The van der Waals surface area contributed by atoms with Gasteiger partial charge in [0.05, 0.1) is 13.2 Å². The maximum absolute atomic E-state index is 13.6. The maximum Gasteiger partial charge on any atom is 0.324 e. The van der Waals surface area contributed by atoms with Crippen molar-refractivity contribution in [2.24, 2.45) is 5.41 Å². The van der Waals surface area contributed by atoms with Crippen LogP contribution in [0.1, 0.15) is 183 Å². The van der Waals surface area contributed by atoms with Crippen LogP contribution in [0.2, 0.25) is 0 Å². The molecule has 0 spiro atoms. The minimum atomic E-state index is -1.30. The number of carbonyl (C=O) groups is 3. The molecule has 0 rings (SSSR count). The van der Waals surface area contributed by atoms with E-state index >= 15 is 0 Å². The summed E-state index contributed by atoms with van der Waals surface area (Å²) in [6, 6.07) is 0. The quantitative estimate of drug-likeness (QED) is 0.0289. The van der Waals surface area contributed by atoms with Gasteiger partial charge >= 0.3 is 17.9 Å². The average molecular weight is 609 g/mol. The lowest BCUT2D eigenvalue weighted by atomic mass is 9.78. The summed E-state index contributed by atoms with van der Waals surface area (Å²) in [5, 5.41) is 0. The molecular weight excluding hydrogens is 540 g/mol. The van der Waals surface area contributed by atoms with E-state index in [0.717, 1.165) is 83.5 Å². The van der Waals surface area contributed by atoms with Crippen LogP contribution >= 0.6 is 0 Å². The van der Waals surface area contributed by atoms with Crippen LogP contribution in [0.15, 0.2) is 12.2 Å². The molecule has 0 radical (unpaired) electrons. The normalized spacial score (nSPS) is 13.2. The van der Waals surface area contributed by atoms with E-state index < -0.39 is 23.0 Å². The summed E-state index contributed by atoms with van der Waals surface area (Å²) < 4.78 is 16.7. The number of hydrogen-bond acceptors (Lipinski definition) is 6. The molecular formula is C37H68O6. The van der Waals surface area contributed by atoms with Gasteiger partial charge in [0, 0.05) is 6.42 Å². The standard InChI is InChI=1S/C37H68O6/c1-7-10-13-14-15-17-20-23-26-29-37(34(39)42-32-12-9-3,35(40)43-36(4,5)6)30-27-24-21-18-16-19-22-25-28-33(38)41-31-11-8-2/h24,27H,7-23,25-26,28-32H2,1-6H3/b27-24+/t37-/m1/s1. The monoisotopic (exact) mass is 609 g/mol. The zero-order valence-electron chi connectivity index (χ0n) is 29.1. The van der Waals surface area contributed by atoms with E-state index in [9.17, 15) is 14.4 Å². The van der Waals surface area contributed by atoms with E-state index in [1.54, 1.807) is 0 Å². The molecule has 0 saturated heterocycles. The molecule has 43 heavy (non-hydrogen) atoms. The zero-order valence-corrected chi connectivity index (χ0v) is 29.1. The van der Waals surface area contributed by atoms with Crippen molar-refractivity contribution in [3.63, 3.8) is 0 Å². The summed E-state index contributed by atoms with van der Waals surface area (Å²) in [6.45, 7) is 12.8. The fourth-order valence-corrected chi connectivity index (χ4v) is 4.98. The Morgan fingerprint density at radius 2 is 1.07 bits per heavy atom. The van der Waals surface area contributed by atoms with Crippen molar-refractivity contribution >= 4 is 17.9 Å². The molecule has 1 atom stereocenters. The van der Waals surface area contributed by atoms with Crippen LogP contribution in [0, 0.1) is 5.41 Å². The van der Waals surface area contributed by atoms with E-state index in [0.29, 0.717) is 32.5 Å². The van der Waals surface area contributed by atoms with E-state index in [-0.39, 0.29) is 5.97 Å². The second-order valence-electron chi connectivity index (χ2n) is 13.2. The van der Waals surface area contributed by atoms with Crippen molar-refractivity contribution in [1.29, 1.82) is 0 Å². The van der Waals surface area contributed by atoms with Crippen molar-refractivity contribution in [1.82, 2.24) is 0 Å². The van der Waals surface area contributed by atoms with E-state index in [1.807, 2.05) is 26.8 Å². The lowest BCUT2D eigenvalue weighted by Crippen LogP contribution is -2.44. The van der Waals surface area contributed by atoms with Crippen LogP contribution in [0.4, 0.5) is 0 Å². The first-order valence-corrected chi connectivity index (χ1v) is 17.8. The molecule has 0 aliphatic heterocycles. The van der Waals surface area contributed by atoms with E-state index in [1.165, 1.54) is 38.5 Å². The fraction of sp³-hybridized carbons (Fsp3) is 0.865. The highest BCUT2D eigenvalue weighted by atomic mass is 16.6. The predicted octanol–water partition coefficient (Wildman–Crippen LogP) is 10.6. The van der Waals surface area contributed by atoms with Crippen molar-refractivity contribution in [2.75, 3.05) is 13.2 Å². The molecule has 0 aromatic rings. The third-order valence-corrected chi connectivity index (χ3v) is 7.76. The third-order valence-electron chi connectivity index (χ3n) is 7.76. The molecule has 0 aromatic carbocycles. The summed E-state index contributed by atoms with van der Waals surface area (Å²) in [5.41, 5.74) is -1.98. The van der Waals surface area contributed by atoms with E-state index in [2.05, 4.69) is 26.8 Å². The second-order valence-corrected chi connectivity index (χ2v) is 13.2. The Kier molecular flexibility index (Phi) is 25.4. The largest absolute Gasteiger partial charge is 0.466 e. The Morgan fingerprint density at radius 1 is 0.558 bits per heavy atom. The van der Waals surface area contributed by atoms with Gasteiger partial charge < -0.3 is 14.2 Å². The minimum Gasteiger partial charge on any atom is -0.466 e. The van der Waals surface area contributed by atoms with Gasteiger partial charge in [-0.15, -0.1) is 0 Å². The summed E-state index contributed by atoms with van der Waals surface area (Å²) in [7, 11) is 0. The molecule has 0 saturated carbocycles. The molecule has 0 aliphatic carbocycles. The van der Waals surface area contributed by atoms with Crippen LogP contribution in [0.25, 0.3) is 0 Å². The molecule has 0 fully saturated rings. The molecule has 0 heterocycles. The molecule has 6 heteroatoms. The van der Waals surface area contributed by atoms with Gasteiger partial charge in [-0.2, -0.15) is 0 Å². The molecule has 0 N–H and O–H groups in total. The molecule has 0 aromatic heterocycles. The minimum absolute atomic E-state index is 0.0829. The number of unbranched alkanes of at least 4 members (excludes halogenated alkanes) is 15. The van der Waals surface area contributed by atoms with Gasteiger partial charge in [0.15, 0.2) is 5.41 Å². The topological polar surface area (TPSA) is 78.9 Å². The van der Waals surface area contributed by atoms with Gasteiger partial charge in [0.2, 0.25) is 0 Å². The Labute approximate surface area is 265 Å². The fourth-order valence-electron chi connectivity index (χ4n) is 4.98. The number of carbonyl (C=O) groups excluding carboxylic acids is 3. The molecule has 0 unspecified atom stereocenters. The average Bonchev–Trinajstić information content (AvgIpc) is 2.95. The van der Waals surface area contributed by atoms with Gasteiger partial charge in [-0.25, -0.2) is 0 Å². The third kappa shape index (κ3) is 22.3. The van der Waals surface area contributed by atoms with Crippen LogP contribution < -0.4 is 0 Å². The lowest BCUT2D eigenvalue weighted by Gasteiger charge is -2.32. The molecule has 0 amide bonds. The van der Waals surface area contributed by atoms with Crippen molar-refractivity contribution in [3.05, 3.63) is 12.2 Å². The Hall–Kier alpha value is -1.85. The summed E-state index contributed by atoms with van der Waals surface area (Å²) in [4.78, 5) is 38.9. The van der Waals surface area contributed by atoms with Gasteiger partial charge in [-0.05, 0) is 65.7 Å². The number of ether oxygens (including phenoxy) is 3. The highest BCUT2D eigenvalue weighted by Gasteiger charge is 2.48. The summed E-state index contributed by atoms with van der Waals surface area (Å²) in [6.07, 6.45) is 25.6. The molecule has 6 nitrogen and oxygen atoms in total. The Balaban J connectivity index is 4.99. The van der Waals surface area contributed by atoms with E-state index in [4.69, 9.17) is 14.2 Å². The van der Waals surface area contributed by atoms with Crippen molar-refractivity contribution < 1.29 is 28.6 Å². The summed E-state index contributed by atoms with van der Waals surface area (Å²) >= 11 is 0. The highest BCUT2D eigenvalue weighted by molar-refractivity contribution is 6.00. The lowest BCUT2D eigenvalue weighted by molar-refractivity contribution is -0.180. The second kappa shape index (κ2) is 26.5. The number of hydrogen-bond donors (Lipinski definition) is 0. The first kappa shape index (κ1) is 41.1. The first-order chi connectivity index (χ1) is 20.6. The van der Waals surface area contributed by atoms with Gasteiger partial charge in [-0.3, -0.25) is 14.4 Å².